The predicted octanol–water partition coefficient (Wildman–Crippen LogP) is 3.07. The number of nitrogens with zero attached hydrogens (tertiary/aromatic N) is 1. The number of benzene rings is 2. The smallest absolute Gasteiger partial charge is 0.338 e. The maximum Gasteiger partial charge on any atom is 0.338 e. The maximum atomic E-state index is 12.9. The van der Waals surface area contributed by atoms with Gasteiger partial charge in [-0.25, -0.2) is 9.59 Å². The third kappa shape index (κ3) is 3.51. The normalized spacial score (nSPS) is 16.6. The number of phenolic OH excluding ortho intramolecular Hbond substituents is 1. The lowest BCUT2D eigenvalue weighted by atomic mass is 9.91. The van der Waals surface area contributed by atoms with Crippen molar-refractivity contribution < 1.29 is 24.2 Å². The van der Waals surface area contributed by atoms with E-state index in [1.54, 1.807) is 26.1 Å². The first-order valence-electron chi connectivity index (χ1n) is 8.85. The van der Waals surface area contributed by atoms with Crippen LogP contribution < -0.4 is 10.1 Å². The van der Waals surface area contributed by atoms with E-state index < -0.39 is 12.0 Å². The number of nitrogens with one attached hydrogen (secondary N) is 1. The second-order valence-electron chi connectivity index (χ2n) is 6.22. The summed E-state index contributed by atoms with van der Waals surface area (Å²) in [5.41, 5.74) is 2.09. The number of rotatable bonds is 5. The van der Waals surface area contributed by atoms with Crippen LogP contribution in [0.2, 0.25) is 0 Å². The van der Waals surface area contributed by atoms with Crippen molar-refractivity contribution in [2.75, 3.05) is 20.8 Å². The van der Waals surface area contributed by atoms with Gasteiger partial charge >= 0.3 is 12.0 Å². The highest BCUT2D eigenvalue weighted by molar-refractivity contribution is 6.04. The Labute approximate surface area is 163 Å². The van der Waals surface area contributed by atoms with Crippen LogP contribution in [0.3, 0.4) is 0 Å². The van der Waals surface area contributed by atoms with Gasteiger partial charge in [-0.3, -0.25) is 4.90 Å². The van der Waals surface area contributed by atoms with Crippen molar-refractivity contribution in [1.82, 2.24) is 10.2 Å². The lowest BCUT2D eigenvalue weighted by molar-refractivity contribution is -0.138. The molecule has 0 unspecified atom stereocenters. The predicted molar refractivity (Wildman–Crippen MR) is 104 cm³/mol. The minimum atomic E-state index is -0.757. The van der Waals surface area contributed by atoms with Crippen molar-refractivity contribution in [3.63, 3.8) is 0 Å². The van der Waals surface area contributed by atoms with Crippen molar-refractivity contribution in [2.24, 2.45) is 0 Å². The molecule has 1 aliphatic heterocycles. The Kier molecular flexibility index (Phi) is 5.54. The molecule has 2 N–H and O–H groups in total. The van der Waals surface area contributed by atoms with Gasteiger partial charge in [-0.05, 0) is 30.2 Å². The molecule has 0 fully saturated rings. The van der Waals surface area contributed by atoms with Crippen molar-refractivity contribution in [3.8, 4) is 11.5 Å². The van der Waals surface area contributed by atoms with Gasteiger partial charge in [-0.2, -0.15) is 0 Å². The average Bonchev–Trinajstić information content (AvgIpc) is 2.70. The number of carbonyl (C=O) groups is 2. The number of esters is 1. The Morgan fingerprint density at radius 1 is 1.21 bits per heavy atom. The van der Waals surface area contributed by atoms with E-state index in [4.69, 9.17) is 9.47 Å². The number of urea groups is 1. The molecule has 1 heterocycles. The molecular formula is C21H22N2O5. The third-order valence-electron chi connectivity index (χ3n) is 4.53. The molecule has 0 radical (unpaired) electrons. The van der Waals surface area contributed by atoms with E-state index in [0.717, 1.165) is 5.56 Å². The Morgan fingerprint density at radius 2 is 1.93 bits per heavy atom. The summed E-state index contributed by atoms with van der Waals surface area (Å²) in [5.74, 6) is -0.309. The van der Waals surface area contributed by atoms with E-state index in [0.29, 0.717) is 16.8 Å². The van der Waals surface area contributed by atoms with Crippen LogP contribution in [-0.4, -0.2) is 42.8 Å². The molecule has 28 heavy (non-hydrogen) atoms. The van der Waals surface area contributed by atoms with Crippen LogP contribution in [-0.2, 0) is 9.53 Å². The molecule has 1 atom stereocenters. The molecule has 0 saturated heterocycles. The van der Waals surface area contributed by atoms with E-state index in [9.17, 15) is 14.7 Å². The fourth-order valence-electron chi connectivity index (χ4n) is 3.20. The van der Waals surface area contributed by atoms with Crippen molar-refractivity contribution in [2.45, 2.75) is 13.0 Å². The largest absolute Gasteiger partial charge is 0.504 e. The van der Waals surface area contributed by atoms with Gasteiger partial charge in [0.25, 0.3) is 0 Å². The zero-order valence-corrected chi connectivity index (χ0v) is 15.9. The summed E-state index contributed by atoms with van der Waals surface area (Å²) in [7, 11) is 3.04. The highest BCUT2D eigenvalue weighted by atomic mass is 16.5. The van der Waals surface area contributed by atoms with Crippen LogP contribution in [0, 0.1) is 0 Å². The standard InChI is InChI=1S/C21H22N2O5/c1-4-28-20(25)17-18(14-10-11-15(24)16(12-14)27-3)22-21(26)23(2)19(17)13-8-6-5-7-9-13/h5-12,18,24H,4H2,1-3H3,(H,22,26)/t18-/m0/s1. The van der Waals surface area contributed by atoms with E-state index >= 15 is 0 Å². The molecule has 1 aliphatic rings. The summed E-state index contributed by atoms with van der Waals surface area (Å²) in [6.07, 6.45) is 0. The fraction of sp³-hybridized carbons (Fsp3) is 0.238. The first kappa shape index (κ1) is 19.3. The van der Waals surface area contributed by atoms with Crippen LogP contribution in [0.15, 0.2) is 54.1 Å². The zero-order chi connectivity index (χ0) is 20.3. The van der Waals surface area contributed by atoms with E-state index in [-0.39, 0.29) is 24.1 Å². The summed E-state index contributed by atoms with van der Waals surface area (Å²) in [6, 6.07) is 12.8. The lowest BCUT2D eigenvalue weighted by Crippen LogP contribution is -2.46. The number of amides is 2. The van der Waals surface area contributed by atoms with E-state index in [2.05, 4.69) is 5.32 Å². The summed E-state index contributed by atoms with van der Waals surface area (Å²) in [6.45, 7) is 1.93. The summed E-state index contributed by atoms with van der Waals surface area (Å²) in [4.78, 5) is 27.0. The molecule has 0 aromatic heterocycles. The first-order valence-corrected chi connectivity index (χ1v) is 8.85. The molecule has 2 amide bonds. The minimum absolute atomic E-state index is 0.0320. The van der Waals surface area contributed by atoms with Crippen molar-refractivity contribution in [1.29, 1.82) is 0 Å². The summed E-state index contributed by atoms with van der Waals surface area (Å²) >= 11 is 0. The van der Waals surface area contributed by atoms with Crippen LogP contribution in [0.4, 0.5) is 4.79 Å². The zero-order valence-electron chi connectivity index (χ0n) is 15.9. The lowest BCUT2D eigenvalue weighted by Gasteiger charge is -2.34. The number of phenols is 1. The molecule has 7 heteroatoms. The second kappa shape index (κ2) is 8.04. The Hall–Kier alpha value is -3.48. The van der Waals surface area contributed by atoms with E-state index in [1.807, 2.05) is 30.3 Å². The number of aromatic hydroxyl groups is 1. The summed E-state index contributed by atoms with van der Waals surface area (Å²) < 4.78 is 10.5. The maximum absolute atomic E-state index is 12.9. The fourth-order valence-corrected chi connectivity index (χ4v) is 3.20. The van der Waals surface area contributed by atoms with Gasteiger partial charge in [-0.1, -0.05) is 36.4 Å². The van der Waals surface area contributed by atoms with Gasteiger partial charge in [0.1, 0.15) is 0 Å². The molecular weight excluding hydrogens is 360 g/mol. The van der Waals surface area contributed by atoms with Crippen molar-refractivity contribution >= 4 is 17.7 Å². The molecule has 146 valence electrons. The Morgan fingerprint density at radius 3 is 2.57 bits per heavy atom. The molecule has 2 aromatic rings. The SMILES string of the molecule is CCOC(=O)C1=C(c2ccccc2)N(C)C(=O)N[C@H]1c1ccc(O)c(OC)c1. The van der Waals surface area contributed by atoms with Crippen LogP contribution in [0.25, 0.3) is 5.70 Å². The number of ether oxygens (including phenoxy) is 2. The van der Waals surface area contributed by atoms with Gasteiger partial charge in [0.2, 0.25) is 0 Å². The molecule has 0 spiro atoms. The number of hydrogen-bond donors (Lipinski definition) is 2. The van der Waals surface area contributed by atoms with Gasteiger partial charge in [0.05, 0.1) is 31.0 Å². The second-order valence-corrected chi connectivity index (χ2v) is 6.22. The number of hydrogen-bond acceptors (Lipinski definition) is 5. The van der Waals surface area contributed by atoms with Crippen LogP contribution in [0.1, 0.15) is 24.1 Å². The van der Waals surface area contributed by atoms with Gasteiger partial charge in [-0.15, -0.1) is 0 Å². The van der Waals surface area contributed by atoms with Crippen molar-refractivity contribution in [3.05, 3.63) is 65.2 Å². The molecule has 0 aliphatic carbocycles. The minimum Gasteiger partial charge on any atom is -0.504 e. The van der Waals surface area contributed by atoms with Crippen LogP contribution >= 0.6 is 0 Å². The van der Waals surface area contributed by atoms with Gasteiger partial charge in [0.15, 0.2) is 11.5 Å². The quantitative estimate of drug-likeness (QED) is 0.776. The number of methoxy groups -OCH3 is 1. The van der Waals surface area contributed by atoms with Gasteiger partial charge in [0, 0.05) is 7.05 Å². The molecule has 0 saturated carbocycles. The molecule has 3 rings (SSSR count). The number of carbonyl (C=O) groups excluding carboxylic acids is 2. The highest BCUT2D eigenvalue weighted by Gasteiger charge is 2.37. The Bertz CT molecular complexity index is 924. The average molecular weight is 382 g/mol. The van der Waals surface area contributed by atoms with Crippen LogP contribution in [0.5, 0.6) is 11.5 Å². The monoisotopic (exact) mass is 382 g/mol. The molecule has 0 bridgehead atoms. The topological polar surface area (TPSA) is 88.1 Å². The van der Waals surface area contributed by atoms with E-state index in [1.165, 1.54) is 18.1 Å². The summed E-state index contributed by atoms with van der Waals surface area (Å²) in [5, 5.41) is 12.7. The third-order valence-corrected chi connectivity index (χ3v) is 4.53. The highest BCUT2D eigenvalue weighted by Crippen LogP contribution is 2.38. The van der Waals surface area contributed by atoms with Gasteiger partial charge < -0.3 is 19.9 Å². The molecule has 7 nitrogen and oxygen atoms in total. The molecule has 2 aromatic carbocycles. The first-order chi connectivity index (χ1) is 13.5. The Balaban J connectivity index is 2.24.